The number of amides is 4. The lowest BCUT2D eigenvalue weighted by molar-refractivity contribution is 0.0877. The molecule has 7 aromatic carbocycles. The van der Waals surface area contributed by atoms with Crippen molar-refractivity contribution in [3.63, 3.8) is 0 Å². The second-order valence-corrected chi connectivity index (χ2v) is 18.1. The zero-order valence-electron chi connectivity index (χ0n) is 38.9. The normalized spacial score (nSPS) is 14.7. The number of nitrogens with zero attached hydrogens (tertiary/aromatic N) is 2. The first kappa shape index (κ1) is 43.6. The number of rotatable bonds is 8. The third kappa shape index (κ3) is 7.66. The highest BCUT2D eigenvalue weighted by Crippen LogP contribution is 2.42. The second-order valence-electron chi connectivity index (χ2n) is 18.1. The Hall–Kier alpha value is -8.98. The van der Waals surface area contributed by atoms with Crippen LogP contribution in [0.4, 0.5) is 11.4 Å². The predicted octanol–water partition coefficient (Wildman–Crippen LogP) is 12.5. The van der Waals surface area contributed by atoms with Crippen LogP contribution in [0.2, 0.25) is 0 Å². The maximum Gasteiger partial charge on any atom is 0.266 e. The van der Waals surface area contributed by atoms with Crippen molar-refractivity contribution in [1.82, 2.24) is 0 Å². The molecule has 7 aromatic rings. The van der Waals surface area contributed by atoms with Crippen molar-refractivity contribution in [2.45, 2.75) is 52.2 Å². The third-order valence-corrected chi connectivity index (χ3v) is 12.8. The van der Waals surface area contributed by atoms with Gasteiger partial charge in [-0.15, -0.1) is 0 Å². The van der Waals surface area contributed by atoms with Crippen LogP contribution in [0.1, 0.15) is 115 Å². The molecule has 0 aromatic heterocycles. The Kier molecular flexibility index (Phi) is 11.0. The van der Waals surface area contributed by atoms with Gasteiger partial charge in [0.2, 0.25) is 0 Å². The lowest BCUT2D eigenvalue weighted by Gasteiger charge is -2.30. The molecule has 338 valence electrons. The Balaban J connectivity index is 0.862. The minimum absolute atomic E-state index is 0.0910. The van der Waals surface area contributed by atoms with E-state index in [-0.39, 0.29) is 18.1 Å². The zero-order valence-corrected chi connectivity index (χ0v) is 38.9. The first-order chi connectivity index (χ1) is 34.0. The average molecular weight is 913 g/mol. The molecule has 0 fully saturated rings. The highest BCUT2D eigenvalue weighted by Gasteiger charge is 2.38. The van der Waals surface area contributed by atoms with Gasteiger partial charge in [0.05, 0.1) is 23.6 Å². The van der Waals surface area contributed by atoms with Gasteiger partial charge in [0.1, 0.15) is 11.5 Å². The molecule has 8 nitrogen and oxygen atoms in total. The largest absolute Gasteiger partial charge is 0.491 e. The van der Waals surface area contributed by atoms with Crippen molar-refractivity contribution < 1.29 is 28.7 Å². The number of carbonyl (C=O) groups is 4. The Morgan fingerprint density at radius 1 is 0.514 bits per heavy atom. The summed E-state index contributed by atoms with van der Waals surface area (Å²) in [6.45, 7) is 7.74. The molecule has 0 saturated heterocycles. The van der Waals surface area contributed by atoms with Crippen molar-refractivity contribution in [1.29, 1.82) is 0 Å². The number of imide groups is 2. The molecule has 4 amide bonds. The van der Waals surface area contributed by atoms with Crippen molar-refractivity contribution >= 4 is 62.1 Å². The molecule has 70 heavy (non-hydrogen) atoms. The number of anilines is 2. The van der Waals surface area contributed by atoms with Crippen LogP contribution in [0.25, 0.3) is 27.1 Å². The molecule has 2 aliphatic carbocycles. The minimum atomic E-state index is -0.407. The summed E-state index contributed by atoms with van der Waals surface area (Å²) in [5.74, 6) is 12.6. The fourth-order valence-electron chi connectivity index (χ4n) is 9.69. The SMILES string of the molecule is CC(C)Oc1ccc(C2=CCC=C2)c(N2C(=O)c3cccc4c(C#Cc5ccc(C#Cc6ccc7c8c(cccc68)C(=O)N(c6cc(OC(C)C)ccc6C6C=CC=C6)C7=O)cc5)ccc(c34)C2=O)c1. The van der Waals surface area contributed by atoms with Gasteiger partial charge in [-0.25, -0.2) is 9.80 Å². The van der Waals surface area contributed by atoms with Gasteiger partial charge < -0.3 is 9.47 Å². The summed E-state index contributed by atoms with van der Waals surface area (Å²) in [4.78, 5) is 60.2. The van der Waals surface area contributed by atoms with E-state index in [4.69, 9.17) is 9.47 Å². The summed E-state index contributed by atoms with van der Waals surface area (Å²) in [5, 5.41) is 2.60. The topological polar surface area (TPSA) is 93.2 Å². The second kappa shape index (κ2) is 17.6. The summed E-state index contributed by atoms with van der Waals surface area (Å²) >= 11 is 0. The van der Waals surface area contributed by atoms with E-state index in [1.807, 2.05) is 149 Å². The van der Waals surface area contributed by atoms with Crippen molar-refractivity contribution in [3.8, 4) is 35.2 Å². The number of ether oxygens (including phenoxy) is 2. The fourth-order valence-corrected chi connectivity index (χ4v) is 9.69. The maximum absolute atomic E-state index is 14.4. The Bertz CT molecular complexity index is 3640. The predicted molar refractivity (Wildman–Crippen MR) is 276 cm³/mol. The van der Waals surface area contributed by atoms with Crippen LogP contribution < -0.4 is 19.3 Å². The summed E-state index contributed by atoms with van der Waals surface area (Å²) in [6.07, 6.45) is 14.7. The van der Waals surface area contributed by atoms with Gasteiger partial charge in [0.25, 0.3) is 23.6 Å². The van der Waals surface area contributed by atoms with Gasteiger partial charge in [-0.05, 0) is 135 Å². The Labute approximate surface area is 405 Å². The van der Waals surface area contributed by atoms with E-state index in [0.29, 0.717) is 67.0 Å². The number of carbonyl (C=O) groups excluding carboxylic acids is 4. The highest BCUT2D eigenvalue weighted by atomic mass is 16.5. The van der Waals surface area contributed by atoms with E-state index in [1.165, 1.54) is 9.80 Å². The van der Waals surface area contributed by atoms with E-state index in [1.54, 1.807) is 36.4 Å². The lowest BCUT2D eigenvalue weighted by atomic mass is 9.90. The molecule has 11 rings (SSSR count). The van der Waals surface area contributed by atoms with Gasteiger partial charge in [0.15, 0.2) is 0 Å². The standard InChI is InChI=1S/C62H44N2O6/c1-37(2)69-45-29-33-47(41-11-5-6-12-41)55(35-45)63-59(65)51-17-9-15-49-43(27-31-53(57(49)51)61(63)67)25-23-39-19-21-40(22-20-39)24-26-44-28-32-54-58-50(44)16-10-18-52(58)60(66)64(62(54)68)56-36-46(70-38(3)4)30-34-48(56)42-13-7-8-14-42/h5-7,9-22,27-38,41H,8H2,1-4H3. The van der Waals surface area contributed by atoms with Gasteiger partial charge >= 0.3 is 0 Å². The van der Waals surface area contributed by atoms with E-state index < -0.39 is 23.6 Å². The number of benzene rings is 7. The molecule has 0 saturated carbocycles. The first-order valence-electron chi connectivity index (χ1n) is 23.4. The van der Waals surface area contributed by atoms with E-state index in [0.717, 1.165) is 45.0 Å². The monoisotopic (exact) mass is 912 g/mol. The summed E-state index contributed by atoms with van der Waals surface area (Å²) in [7, 11) is 0. The number of hydrogen-bond acceptors (Lipinski definition) is 6. The van der Waals surface area contributed by atoms with Crippen LogP contribution in [0.3, 0.4) is 0 Å². The van der Waals surface area contributed by atoms with Crippen molar-refractivity contribution in [2.24, 2.45) is 0 Å². The highest BCUT2D eigenvalue weighted by molar-refractivity contribution is 6.37. The van der Waals surface area contributed by atoms with Crippen LogP contribution >= 0.6 is 0 Å². The maximum atomic E-state index is 14.4. The zero-order chi connectivity index (χ0) is 48.2. The van der Waals surface area contributed by atoms with E-state index in [2.05, 4.69) is 29.8 Å². The smallest absolute Gasteiger partial charge is 0.266 e. The Morgan fingerprint density at radius 3 is 1.49 bits per heavy atom. The van der Waals surface area contributed by atoms with Crippen LogP contribution in [0.15, 0.2) is 164 Å². The molecule has 0 unspecified atom stereocenters. The van der Waals surface area contributed by atoms with Crippen LogP contribution in [-0.4, -0.2) is 35.8 Å². The summed E-state index contributed by atoms with van der Waals surface area (Å²) in [5.41, 5.74) is 8.11. The summed E-state index contributed by atoms with van der Waals surface area (Å²) < 4.78 is 12.0. The van der Waals surface area contributed by atoms with Crippen LogP contribution in [0.5, 0.6) is 11.5 Å². The molecule has 4 aliphatic rings. The minimum Gasteiger partial charge on any atom is -0.491 e. The van der Waals surface area contributed by atoms with Crippen molar-refractivity contribution in [3.05, 3.63) is 219 Å². The quantitative estimate of drug-likeness (QED) is 0.111. The van der Waals surface area contributed by atoms with Crippen molar-refractivity contribution in [2.75, 3.05) is 9.80 Å². The molecular weight excluding hydrogens is 869 g/mol. The van der Waals surface area contributed by atoms with Gasteiger partial charge in [-0.1, -0.05) is 96.5 Å². The molecule has 2 heterocycles. The fraction of sp³-hybridized carbons (Fsp3) is 0.129. The molecule has 0 bridgehead atoms. The van der Waals surface area contributed by atoms with Crippen LogP contribution in [0, 0.1) is 23.7 Å². The van der Waals surface area contributed by atoms with E-state index >= 15 is 0 Å². The molecule has 0 N–H and O–H groups in total. The molecular formula is C62H44N2O6. The molecule has 0 radical (unpaired) electrons. The molecule has 8 heteroatoms. The Morgan fingerprint density at radius 2 is 0.986 bits per heavy atom. The van der Waals surface area contributed by atoms with Gasteiger partial charge in [-0.3, -0.25) is 19.2 Å². The first-order valence-corrected chi connectivity index (χ1v) is 23.4. The molecule has 0 atom stereocenters. The van der Waals surface area contributed by atoms with Crippen LogP contribution in [-0.2, 0) is 0 Å². The lowest BCUT2D eigenvalue weighted by Crippen LogP contribution is -2.41. The average Bonchev–Trinajstić information content (AvgIpc) is 4.11. The molecule has 0 spiro atoms. The van der Waals surface area contributed by atoms with E-state index in [9.17, 15) is 19.2 Å². The number of allylic oxidation sites excluding steroid dienone is 8. The number of hydrogen-bond donors (Lipinski definition) is 0. The third-order valence-electron chi connectivity index (χ3n) is 12.8. The molecule has 2 aliphatic heterocycles. The summed E-state index contributed by atoms with van der Waals surface area (Å²) in [6, 6.07) is 36.9. The van der Waals surface area contributed by atoms with Gasteiger partial charge in [-0.2, -0.15) is 0 Å². The van der Waals surface area contributed by atoms with Gasteiger partial charge in [0, 0.05) is 78.9 Å².